The molecule has 3 nitrogen and oxygen atoms in total. The molecular formula is C15H14FNO2. The Bertz CT molecular complexity index is 588. The van der Waals surface area contributed by atoms with Crippen molar-refractivity contribution in [2.75, 3.05) is 6.61 Å². The summed E-state index contributed by atoms with van der Waals surface area (Å²) in [6.07, 6.45) is -0.396. The monoisotopic (exact) mass is 259 g/mol. The average molecular weight is 259 g/mol. The normalized spacial score (nSPS) is 18.9. The van der Waals surface area contributed by atoms with Gasteiger partial charge >= 0.3 is 0 Å². The van der Waals surface area contributed by atoms with Gasteiger partial charge < -0.3 is 15.2 Å². The fourth-order valence-corrected chi connectivity index (χ4v) is 2.16. The fourth-order valence-electron chi connectivity index (χ4n) is 2.16. The second kappa shape index (κ2) is 4.90. The molecule has 2 atom stereocenters. The molecule has 19 heavy (non-hydrogen) atoms. The molecule has 4 heteroatoms. The Kier molecular flexibility index (Phi) is 3.09. The fraction of sp³-hybridized carbons (Fsp3) is 0.200. The molecule has 2 unspecified atom stereocenters. The van der Waals surface area contributed by atoms with Crippen LogP contribution >= 0.6 is 0 Å². The van der Waals surface area contributed by atoms with Crippen LogP contribution in [0.4, 0.5) is 4.39 Å². The Morgan fingerprint density at radius 2 is 1.74 bits per heavy atom. The molecule has 1 heterocycles. The maximum absolute atomic E-state index is 13.7. The van der Waals surface area contributed by atoms with Gasteiger partial charge in [0.1, 0.15) is 12.4 Å². The first-order chi connectivity index (χ1) is 9.25. The minimum atomic E-state index is -0.561. The van der Waals surface area contributed by atoms with E-state index in [1.54, 1.807) is 18.2 Å². The molecule has 2 aromatic carbocycles. The molecule has 0 radical (unpaired) electrons. The van der Waals surface area contributed by atoms with E-state index < -0.39 is 12.1 Å². The highest BCUT2D eigenvalue weighted by Crippen LogP contribution is 2.34. The zero-order chi connectivity index (χ0) is 13.2. The number of fused-ring (bicyclic) bond motifs is 1. The van der Waals surface area contributed by atoms with Crippen molar-refractivity contribution in [1.82, 2.24) is 0 Å². The molecular weight excluding hydrogens is 245 g/mol. The number of halogens is 1. The predicted molar refractivity (Wildman–Crippen MR) is 69.7 cm³/mol. The Labute approximate surface area is 110 Å². The van der Waals surface area contributed by atoms with Gasteiger partial charge in [0, 0.05) is 5.56 Å². The number of hydrogen-bond donors (Lipinski definition) is 1. The van der Waals surface area contributed by atoms with E-state index in [-0.39, 0.29) is 5.82 Å². The van der Waals surface area contributed by atoms with Crippen molar-refractivity contribution in [2.45, 2.75) is 12.1 Å². The lowest BCUT2D eigenvalue weighted by atomic mass is 10.0. The van der Waals surface area contributed by atoms with E-state index in [0.717, 1.165) is 0 Å². The first kappa shape index (κ1) is 12.0. The van der Waals surface area contributed by atoms with E-state index in [2.05, 4.69) is 0 Å². The summed E-state index contributed by atoms with van der Waals surface area (Å²) >= 11 is 0. The third-order valence-corrected chi connectivity index (χ3v) is 3.20. The number of para-hydroxylation sites is 2. The molecule has 0 aromatic heterocycles. The number of rotatable bonds is 2. The van der Waals surface area contributed by atoms with Crippen LogP contribution in [0.15, 0.2) is 48.5 Å². The maximum Gasteiger partial charge on any atom is 0.161 e. The number of benzene rings is 2. The summed E-state index contributed by atoms with van der Waals surface area (Å²) in [5.74, 6) is 1.02. The molecule has 0 aliphatic carbocycles. The van der Waals surface area contributed by atoms with Crippen LogP contribution in [-0.4, -0.2) is 12.7 Å². The second-order valence-corrected chi connectivity index (χ2v) is 4.46. The first-order valence-corrected chi connectivity index (χ1v) is 6.14. The van der Waals surface area contributed by atoms with Crippen molar-refractivity contribution >= 4 is 0 Å². The van der Waals surface area contributed by atoms with Gasteiger partial charge in [-0.15, -0.1) is 0 Å². The SMILES string of the molecule is NC(c1ccccc1F)C1COc2ccccc2O1. The lowest BCUT2D eigenvalue weighted by Crippen LogP contribution is -2.39. The summed E-state index contributed by atoms with van der Waals surface area (Å²) in [5, 5.41) is 0. The van der Waals surface area contributed by atoms with Crippen LogP contribution in [0, 0.1) is 5.82 Å². The number of hydrogen-bond acceptors (Lipinski definition) is 3. The van der Waals surface area contributed by atoms with Gasteiger partial charge in [0.15, 0.2) is 17.6 Å². The van der Waals surface area contributed by atoms with E-state index in [1.807, 2.05) is 24.3 Å². The summed E-state index contributed by atoms with van der Waals surface area (Å²) in [7, 11) is 0. The van der Waals surface area contributed by atoms with Crippen molar-refractivity contribution in [2.24, 2.45) is 5.73 Å². The summed E-state index contributed by atoms with van der Waals surface area (Å²) < 4.78 is 25.1. The van der Waals surface area contributed by atoms with Crippen LogP contribution in [0.3, 0.4) is 0 Å². The number of nitrogens with two attached hydrogens (primary N) is 1. The Morgan fingerprint density at radius 1 is 1.05 bits per heavy atom. The largest absolute Gasteiger partial charge is 0.486 e. The highest BCUT2D eigenvalue weighted by molar-refractivity contribution is 5.41. The minimum Gasteiger partial charge on any atom is -0.486 e. The predicted octanol–water partition coefficient (Wildman–Crippen LogP) is 2.67. The molecule has 0 bridgehead atoms. The molecule has 3 rings (SSSR count). The van der Waals surface area contributed by atoms with Gasteiger partial charge in [-0.05, 0) is 18.2 Å². The lowest BCUT2D eigenvalue weighted by Gasteiger charge is -2.30. The van der Waals surface area contributed by atoms with Gasteiger partial charge in [0.05, 0.1) is 6.04 Å². The van der Waals surface area contributed by atoms with Crippen LogP contribution in [0.5, 0.6) is 11.5 Å². The van der Waals surface area contributed by atoms with Crippen LogP contribution in [0.25, 0.3) is 0 Å². The first-order valence-electron chi connectivity index (χ1n) is 6.14. The van der Waals surface area contributed by atoms with Crippen LogP contribution < -0.4 is 15.2 Å². The minimum absolute atomic E-state index is 0.312. The molecule has 0 saturated carbocycles. The zero-order valence-corrected chi connectivity index (χ0v) is 10.3. The van der Waals surface area contributed by atoms with Crippen LogP contribution in [0.1, 0.15) is 11.6 Å². The molecule has 2 aromatic rings. The van der Waals surface area contributed by atoms with Crippen molar-refractivity contribution < 1.29 is 13.9 Å². The maximum atomic E-state index is 13.7. The van der Waals surface area contributed by atoms with E-state index in [1.165, 1.54) is 6.07 Å². The van der Waals surface area contributed by atoms with Crippen LogP contribution in [-0.2, 0) is 0 Å². The van der Waals surface area contributed by atoms with Gasteiger partial charge in [-0.3, -0.25) is 0 Å². The van der Waals surface area contributed by atoms with Crippen molar-refractivity contribution in [3.8, 4) is 11.5 Å². The van der Waals surface area contributed by atoms with E-state index >= 15 is 0 Å². The average Bonchev–Trinajstić information content (AvgIpc) is 2.46. The molecule has 2 N–H and O–H groups in total. The van der Waals surface area contributed by atoms with Gasteiger partial charge in [-0.1, -0.05) is 30.3 Å². The number of ether oxygens (including phenoxy) is 2. The quantitative estimate of drug-likeness (QED) is 0.901. The molecule has 98 valence electrons. The Hall–Kier alpha value is -2.07. The zero-order valence-electron chi connectivity index (χ0n) is 10.3. The molecule has 0 amide bonds. The molecule has 0 saturated heterocycles. The summed E-state index contributed by atoms with van der Waals surface area (Å²) in [6.45, 7) is 0.312. The van der Waals surface area contributed by atoms with Gasteiger partial charge in [0.2, 0.25) is 0 Å². The van der Waals surface area contributed by atoms with E-state index in [4.69, 9.17) is 15.2 Å². The molecule has 0 spiro atoms. The van der Waals surface area contributed by atoms with Crippen molar-refractivity contribution in [3.05, 3.63) is 59.9 Å². The van der Waals surface area contributed by atoms with Gasteiger partial charge in [-0.25, -0.2) is 4.39 Å². The van der Waals surface area contributed by atoms with Crippen molar-refractivity contribution in [3.63, 3.8) is 0 Å². The smallest absolute Gasteiger partial charge is 0.161 e. The molecule has 0 fully saturated rings. The second-order valence-electron chi connectivity index (χ2n) is 4.46. The van der Waals surface area contributed by atoms with Crippen LogP contribution in [0.2, 0.25) is 0 Å². The highest BCUT2D eigenvalue weighted by atomic mass is 19.1. The standard InChI is InChI=1S/C15H14FNO2/c16-11-6-2-1-5-10(11)15(17)14-9-18-12-7-3-4-8-13(12)19-14/h1-8,14-15H,9,17H2. The van der Waals surface area contributed by atoms with E-state index in [9.17, 15) is 4.39 Å². The third-order valence-electron chi connectivity index (χ3n) is 3.20. The molecule has 1 aliphatic rings. The molecule has 1 aliphatic heterocycles. The van der Waals surface area contributed by atoms with Gasteiger partial charge in [-0.2, -0.15) is 0 Å². The summed E-state index contributed by atoms with van der Waals surface area (Å²) in [5.41, 5.74) is 6.52. The third kappa shape index (κ3) is 2.27. The highest BCUT2D eigenvalue weighted by Gasteiger charge is 2.28. The van der Waals surface area contributed by atoms with Gasteiger partial charge in [0.25, 0.3) is 0 Å². The Morgan fingerprint density at radius 3 is 2.53 bits per heavy atom. The Balaban J connectivity index is 1.83. The van der Waals surface area contributed by atoms with E-state index in [0.29, 0.717) is 23.7 Å². The summed E-state index contributed by atoms with van der Waals surface area (Å²) in [4.78, 5) is 0. The lowest BCUT2D eigenvalue weighted by molar-refractivity contribution is 0.0712. The topological polar surface area (TPSA) is 44.5 Å². The summed E-state index contributed by atoms with van der Waals surface area (Å²) in [6, 6.07) is 13.3. The van der Waals surface area contributed by atoms with Crippen molar-refractivity contribution in [1.29, 1.82) is 0 Å².